The van der Waals surface area contributed by atoms with Crippen LogP contribution in [0.25, 0.3) is 0 Å². The van der Waals surface area contributed by atoms with E-state index in [1.54, 1.807) is 0 Å². The zero-order valence-electron chi connectivity index (χ0n) is 32.5. The quantitative estimate of drug-likeness (QED) is 0.0357. The summed E-state index contributed by atoms with van der Waals surface area (Å²) >= 11 is 0. The summed E-state index contributed by atoms with van der Waals surface area (Å²) in [5, 5.41) is 135. The minimum Gasteiger partial charge on any atom is -0.454 e. The van der Waals surface area contributed by atoms with Gasteiger partial charge in [-0.1, -0.05) is 58.3 Å². The van der Waals surface area contributed by atoms with Crippen LogP contribution in [0, 0.1) is 0 Å². The normalized spacial score (nSPS) is 43.4. The number of aliphatic hydroxyl groups excluding tert-OH is 13. The van der Waals surface area contributed by atoms with E-state index in [-0.39, 0.29) is 6.42 Å². The molecule has 4 aliphatic heterocycles. The van der Waals surface area contributed by atoms with Crippen LogP contribution in [0.2, 0.25) is 0 Å². The van der Waals surface area contributed by atoms with Crippen molar-refractivity contribution in [3.8, 4) is 0 Å². The molecular weight excluding hydrogens is 784 g/mol. The molecule has 0 unspecified atom stereocenters. The number of ether oxygens (including phenoxy) is 8. The number of aliphatic hydroxyl groups is 13. The number of carbonyl (C=O) groups is 1. The van der Waals surface area contributed by atoms with Gasteiger partial charge in [-0.3, -0.25) is 4.79 Å². The Morgan fingerprint density at radius 1 is 0.534 bits per heavy atom. The van der Waals surface area contributed by atoms with E-state index in [1.165, 1.54) is 12.8 Å². The van der Waals surface area contributed by atoms with Crippen molar-refractivity contribution in [1.29, 1.82) is 0 Å². The topological polar surface area (TPSA) is 354 Å². The molecule has 4 aliphatic rings. The van der Waals surface area contributed by atoms with Gasteiger partial charge in [0.05, 0.1) is 26.4 Å². The van der Waals surface area contributed by atoms with Gasteiger partial charge in [0.2, 0.25) is 12.1 Å². The summed E-state index contributed by atoms with van der Waals surface area (Å²) in [5.74, 6) is -3.28. The molecular formula is C36H64O22. The third-order valence-corrected chi connectivity index (χ3v) is 11.0. The van der Waals surface area contributed by atoms with Crippen molar-refractivity contribution in [2.24, 2.45) is 0 Å². The second-order valence-electron chi connectivity index (χ2n) is 15.3. The van der Waals surface area contributed by atoms with Gasteiger partial charge in [-0.05, 0) is 6.42 Å². The minimum atomic E-state index is -2.48. The summed E-state index contributed by atoms with van der Waals surface area (Å²) in [6, 6.07) is 0. The number of carbonyl (C=O) groups excluding carboxylic acids is 1. The Morgan fingerprint density at radius 3 is 1.50 bits per heavy atom. The highest BCUT2D eigenvalue weighted by Gasteiger charge is 2.59. The molecule has 0 spiro atoms. The smallest absolute Gasteiger partial charge is 0.306 e. The number of unbranched alkanes of at least 4 members (excludes halogenated alkanes) is 8. The van der Waals surface area contributed by atoms with E-state index in [9.17, 15) is 71.2 Å². The first kappa shape index (κ1) is 49.3. The van der Waals surface area contributed by atoms with Gasteiger partial charge in [-0.25, -0.2) is 0 Å². The zero-order valence-corrected chi connectivity index (χ0v) is 32.5. The summed E-state index contributed by atoms with van der Waals surface area (Å²) in [6.45, 7) is -1.96. The van der Waals surface area contributed by atoms with Gasteiger partial charge in [0.25, 0.3) is 0 Å². The molecule has 0 bridgehead atoms. The van der Waals surface area contributed by atoms with Crippen LogP contribution in [0.3, 0.4) is 0 Å². The molecule has 58 heavy (non-hydrogen) atoms. The van der Waals surface area contributed by atoms with Crippen LogP contribution >= 0.6 is 0 Å². The lowest BCUT2D eigenvalue weighted by atomic mass is 9.97. The standard InChI is InChI=1S/C36H64O22/c1-2-3-4-5-6-7-8-9-10-11-21(40)56-31-28(47)24(43)20(55-35(31)58-36(16-39)32(50)25(44)18(13-38)57-36)15-52-34-30(49)27(46)23(42)19(54-34)14-51-33-29(48)26(45)22(41)17(12-37)53-33/h17-20,22-35,37-39,41-50H,2-16H2,1H3/t17-,18-,19-,20-,22+,23+,24-,25-,26+,27+,28+,29-,30-,31-,32+,33+,34+,35-,36+/m1/s1. The first-order valence-electron chi connectivity index (χ1n) is 20.0. The molecule has 4 heterocycles. The average Bonchev–Trinajstić information content (AvgIpc) is 3.46. The average molecular weight is 849 g/mol. The largest absolute Gasteiger partial charge is 0.454 e. The van der Waals surface area contributed by atoms with E-state index < -0.39 is 155 Å². The molecule has 22 nitrogen and oxygen atoms in total. The summed E-state index contributed by atoms with van der Waals surface area (Å²) < 4.78 is 44.5. The van der Waals surface area contributed by atoms with Gasteiger partial charge in [0.15, 0.2) is 18.7 Å². The number of esters is 1. The molecule has 0 aromatic rings. The van der Waals surface area contributed by atoms with E-state index in [2.05, 4.69) is 6.92 Å². The van der Waals surface area contributed by atoms with Crippen molar-refractivity contribution in [3.05, 3.63) is 0 Å². The predicted molar refractivity (Wildman–Crippen MR) is 190 cm³/mol. The summed E-state index contributed by atoms with van der Waals surface area (Å²) in [7, 11) is 0. The molecule has 13 N–H and O–H groups in total. The van der Waals surface area contributed by atoms with E-state index in [0.29, 0.717) is 6.42 Å². The van der Waals surface area contributed by atoms with Crippen molar-refractivity contribution in [3.63, 3.8) is 0 Å². The highest BCUT2D eigenvalue weighted by Crippen LogP contribution is 2.37. The highest BCUT2D eigenvalue weighted by molar-refractivity contribution is 5.69. The van der Waals surface area contributed by atoms with E-state index in [4.69, 9.17) is 37.9 Å². The molecule has 19 atom stereocenters. The summed E-state index contributed by atoms with van der Waals surface area (Å²) in [5.41, 5.74) is 0. The van der Waals surface area contributed by atoms with Gasteiger partial charge in [-0.2, -0.15) is 0 Å². The van der Waals surface area contributed by atoms with Crippen LogP contribution in [0.5, 0.6) is 0 Å². The van der Waals surface area contributed by atoms with Gasteiger partial charge < -0.3 is 104 Å². The van der Waals surface area contributed by atoms with Crippen LogP contribution in [0.1, 0.15) is 71.1 Å². The molecule has 0 aromatic carbocycles. The Bertz CT molecular complexity index is 1200. The van der Waals surface area contributed by atoms with Crippen LogP contribution in [0.15, 0.2) is 0 Å². The first-order chi connectivity index (χ1) is 27.6. The van der Waals surface area contributed by atoms with Crippen molar-refractivity contribution in [1.82, 2.24) is 0 Å². The Labute approximate surface area is 335 Å². The minimum absolute atomic E-state index is 0.0731. The Balaban J connectivity index is 1.41. The fourth-order valence-electron chi connectivity index (χ4n) is 7.30. The van der Waals surface area contributed by atoms with Gasteiger partial charge in [-0.15, -0.1) is 0 Å². The lowest BCUT2D eigenvalue weighted by molar-refractivity contribution is -0.388. The second kappa shape index (κ2) is 23.2. The first-order valence-corrected chi connectivity index (χ1v) is 20.0. The van der Waals surface area contributed by atoms with Gasteiger partial charge in [0, 0.05) is 6.42 Å². The number of rotatable bonds is 22. The Morgan fingerprint density at radius 2 is 1.00 bits per heavy atom. The van der Waals surface area contributed by atoms with Crippen LogP contribution in [-0.4, -0.2) is 222 Å². The SMILES string of the molecule is CCCCCCCCCCCC(=O)O[C@H]1[C@@H](O[C@]2(CO)O[C@H](CO)[C@@H](O)[C@@H]2O)O[C@H](CO[C@H]2O[C@H](CO[C@H]3O[C@H](CO)[C@H](O)[C@H](O)[C@H]3O)[C@H](O)[C@H](O)[C@H]2O)[C@@H](O)[C@@H]1O. The van der Waals surface area contributed by atoms with Crippen molar-refractivity contribution < 1.29 is 109 Å². The van der Waals surface area contributed by atoms with Crippen LogP contribution in [-0.2, 0) is 42.7 Å². The molecule has 4 saturated heterocycles. The second-order valence-corrected chi connectivity index (χ2v) is 15.3. The monoisotopic (exact) mass is 848 g/mol. The fourth-order valence-corrected chi connectivity index (χ4v) is 7.30. The number of hydrogen-bond acceptors (Lipinski definition) is 22. The van der Waals surface area contributed by atoms with E-state index >= 15 is 0 Å². The maximum absolute atomic E-state index is 13.0. The van der Waals surface area contributed by atoms with Crippen LogP contribution in [0.4, 0.5) is 0 Å². The van der Waals surface area contributed by atoms with Crippen molar-refractivity contribution in [2.75, 3.05) is 33.0 Å². The molecule has 0 saturated carbocycles. The molecule has 22 heteroatoms. The molecule has 0 radical (unpaired) electrons. The molecule has 0 aromatic heterocycles. The molecule has 340 valence electrons. The lowest BCUT2D eigenvalue weighted by Crippen LogP contribution is -2.64. The molecule has 4 rings (SSSR count). The zero-order chi connectivity index (χ0) is 42.7. The summed E-state index contributed by atoms with van der Waals surface area (Å²) in [4.78, 5) is 13.0. The third-order valence-electron chi connectivity index (χ3n) is 11.0. The van der Waals surface area contributed by atoms with Gasteiger partial charge >= 0.3 is 5.97 Å². The molecule has 0 amide bonds. The van der Waals surface area contributed by atoms with E-state index in [1.807, 2.05) is 0 Å². The third kappa shape index (κ3) is 12.0. The lowest BCUT2D eigenvalue weighted by Gasteiger charge is -2.45. The summed E-state index contributed by atoms with van der Waals surface area (Å²) in [6.07, 6.45) is -22.8. The van der Waals surface area contributed by atoms with Crippen molar-refractivity contribution in [2.45, 2.75) is 187 Å². The Kier molecular flexibility index (Phi) is 19.7. The Hall–Kier alpha value is -1.33. The number of hydrogen-bond donors (Lipinski definition) is 13. The highest BCUT2D eigenvalue weighted by atomic mass is 16.8. The predicted octanol–water partition coefficient (Wildman–Crippen LogP) is -5.28. The fraction of sp³-hybridized carbons (Fsp3) is 0.972. The van der Waals surface area contributed by atoms with Crippen molar-refractivity contribution >= 4 is 5.97 Å². The van der Waals surface area contributed by atoms with E-state index in [0.717, 1.165) is 38.5 Å². The molecule has 0 aliphatic carbocycles. The van der Waals surface area contributed by atoms with Gasteiger partial charge in [0.1, 0.15) is 92.1 Å². The van der Waals surface area contributed by atoms with Crippen LogP contribution < -0.4 is 0 Å². The maximum Gasteiger partial charge on any atom is 0.306 e. The maximum atomic E-state index is 13.0. The molecule has 4 fully saturated rings.